The second-order valence-corrected chi connectivity index (χ2v) is 5.83. The van der Waals surface area contributed by atoms with Crippen molar-refractivity contribution in [2.24, 2.45) is 0 Å². The van der Waals surface area contributed by atoms with Crippen LogP contribution in [0.15, 0.2) is 18.3 Å². The van der Waals surface area contributed by atoms with E-state index in [0.717, 1.165) is 37.3 Å². The van der Waals surface area contributed by atoms with Crippen LogP contribution in [-0.2, 0) is 0 Å². The van der Waals surface area contributed by atoms with Crippen molar-refractivity contribution < 1.29 is 0 Å². The molecule has 2 aliphatic rings. The van der Waals surface area contributed by atoms with Crippen LogP contribution >= 0.6 is 0 Å². The molecule has 0 amide bonds. The van der Waals surface area contributed by atoms with Gasteiger partial charge in [-0.1, -0.05) is 0 Å². The summed E-state index contributed by atoms with van der Waals surface area (Å²) in [6.07, 6.45) is 4.32. The normalized spacial score (nSPS) is 19.2. The van der Waals surface area contributed by atoms with E-state index in [9.17, 15) is 0 Å². The number of aromatic nitrogens is 4. The van der Waals surface area contributed by atoms with Gasteiger partial charge in [-0.15, -0.1) is 0 Å². The van der Waals surface area contributed by atoms with Crippen LogP contribution in [0, 0.1) is 0 Å². The molecule has 110 valence electrons. The summed E-state index contributed by atoms with van der Waals surface area (Å²) in [5.74, 6) is 3.04. The number of H-pyrrole nitrogens is 1. The molecule has 0 bridgehead atoms. The summed E-state index contributed by atoms with van der Waals surface area (Å²) in [5.41, 5.74) is 1.22. The molecule has 4 rings (SSSR count). The lowest BCUT2D eigenvalue weighted by Crippen LogP contribution is -2.24. The van der Waals surface area contributed by atoms with Crippen molar-refractivity contribution >= 4 is 17.6 Å². The van der Waals surface area contributed by atoms with E-state index in [0.29, 0.717) is 5.92 Å². The molecule has 1 saturated heterocycles. The summed E-state index contributed by atoms with van der Waals surface area (Å²) in [7, 11) is 2.10. The van der Waals surface area contributed by atoms with Crippen molar-refractivity contribution in [3.63, 3.8) is 0 Å². The van der Waals surface area contributed by atoms with Crippen LogP contribution in [0.3, 0.4) is 0 Å². The summed E-state index contributed by atoms with van der Waals surface area (Å²) in [6, 6.07) is 3.94. The standard InChI is InChI=1S/C14H19N7/c1-20-6-7-21(9-20)14-15-5-4-12(17-14)16-13-8-11(18-19-13)10-2-3-10/h4-5,8,10H,2-3,6-7,9H2,1H3,(H2,15,16,17,18,19). The van der Waals surface area contributed by atoms with Gasteiger partial charge in [0.25, 0.3) is 0 Å². The Morgan fingerprint density at radius 1 is 1.29 bits per heavy atom. The van der Waals surface area contributed by atoms with Gasteiger partial charge in [-0.25, -0.2) is 4.98 Å². The van der Waals surface area contributed by atoms with E-state index in [1.54, 1.807) is 6.20 Å². The van der Waals surface area contributed by atoms with Crippen LogP contribution in [0.2, 0.25) is 0 Å². The maximum atomic E-state index is 4.58. The quantitative estimate of drug-likeness (QED) is 0.887. The van der Waals surface area contributed by atoms with Gasteiger partial charge in [0.05, 0.1) is 6.67 Å². The van der Waals surface area contributed by atoms with Gasteiger partial charge < -0.3 is 10.2 Å². The van der Waals surface area contributed by atoms with Crippen molar-refractivity contribution in [2.45, 2.75) is 18.8 Å². The summed E-state index contributed by atoms with van der Waals surface area (Å²) in [4.78, 5) is 13.4. The highest BCUT2D eigenvalue weighted by Gasteiger charge is 2.25. The third-order valence-corrected chi connectivity index (χ3v) is 3.96. The smallest absolute Gasteiger partial charge is 0.228 e. The minimum Gasteiger partial charge on any atom is -0.326 e. The van der Waals surface area contributed by atoms with E-state index in [4.69, 9.17) is 0 Å². The molecule has 0 radical (unpaired) electrons. The molecule has 0 aromatic carbocycles. The van der Waals surface area contributed by atoms with Crippen molar-refractivity contribution in [1.29, 1.82) is 0 Å². The summed E-state index contributed by atoms with van der Waals surface area (Å²) < 4.78 is 0. The zero-order chi connectivity index (χ0) is 14.2. The first-order valence-electron chi connectivity index (χ1n) is 7.37. The predicted octanol–water partition coefficient (Wildman–Crippen LogP) is 1.53. The first-order valence-corrected chi connectivity index (χ1v) is 7.37. The van der Waals surface area contributed by atoms with Gasteiger partial charge in [-0.2, -0.15) is 10.1 Å². The van der Waals surface area contributed by atoms with E-state index in [-0.39, 0.29) is 0 Å². The molecule has 1 saturated carbocycles. The van der Waals surface area contributed by atoms with Gasteiger partial charge in [-0.05, 0) is 26.0 Å². The molecule has 0 atom stereocenters. The van der Waals surface area contributed by atoms with Gasteiger partial charge in [0, 0.05) is 37.0 Å². The van der Waals surface area contributed by atoms with Crippen molar-refractivity contribution in [3.05, 3.63) is 24.0 Å². The molecule has 7 heteroatoms. The number of nitrogens with one attached hydrogen (secondary N) is 2. The second kappa shape index (κ2) is 5.00. The number of anilines is 3. The largest absolute Gasteiger partial charge is 0.326 e. The zero-order valence-electron chi connectivity index (χ0n) is 12.1. The van der Waals surface area contributed by atoms with Crippen LogP contribution in [0.5, 0.6) is 0 Å². The molecule has 2 aromatic rings. The number of aromatic amines is 1. The highest BCUT2D eigenvalue weighted by molar-refractivity contribution is 5.53. The molecule has 1 aliphatic heterocycles. The Labute approximate surface area is 123 Å². The molecular formula is C14H19N7. The topological polar surface area (TPSA) is 73.0 Å². The number of hydrogen-bond donors (Lipinski definition) is 2. The molecule has 21 heavy (non-hydrogen) atoms. The molecule has 7 nitrogen and oxygen atoms in total. The fraction of sp³-hybridized carbons (Fsp3) is 0.500. The molecule has 2 fully saturated rings. The number of rotatable bonds is 4. The predicted molar refractivity (Wildman–Crippen MR) is 80.7 cm³/mol. The lowest BCUT2D eigenvalue weighted by atomic mass is 10.3. The second-order valence-electron chi connectivity index (χ2n) is 5.83. The molecule has 2 N–H and O–H groups in total. The Kier molecular flexibility index (Phi) is 2.99. The summed E-state index contributed by atoms with van der Waals surface area (Å²) in [5, 5.41) is 10.6. The molecule has 1 aliphatic carbocycles. The minimum absolute atomic E-state index is 0.675. The Bertz CT molecular complexity index is 634. The Morgan fingerprint density at radius 2 is 2.19 bits per heavy atom. The Morgan fingerprint density at radius 3 is 2.95 bits per heavy atom. The van der Waals surface area contributed by atoms with E-state index in [1.807, 2.05) is 6.07 Å². The van der Waals surface area contributed by atoms with Gasteiger partial charge in [-0.3, -0.25) is 10.00 Å². The van der Waals surface area contributed by atoms with E-state index in [1.165, 1.54) is 18.5 Å². The first kappa shape index (κ1) is 12.6. The zero-order valence-corrected chi connectivity index (χ0v) is 12.1. The third kappa shape index (κ3) is 2.69. The maximum Gasteiger partial charge on any atom is 0.228 e. The highest BCUT2D eigenvalue weighted by atomic mass is 15.4. The van der Waals surface area contributed by atoms with Crippen LogP contribution in [0.4, 0.5) is 17.6 Å². The van der Waals surface area contributed by atoms with E-state index in [2.05, 4.69) is 48.4 Å². The van der Waals surface area contributed by atoms with Crippen LogP contribution < -0.4 is 10.2 Å². The van der Waals surface area contributed by atoms with Gasteiger partial charge in [0.2, 0.25) is 5.95 Å². The lowest BCUT2D eigenvalue weighted by molar-refractivity contribution is 0.420. The number of hydrogen-bond acceptors (Lipinski definition) is 6. The summed E-state index contributed by atoms with van der Waals surface area (Å²) in [6.45, 7) is 2.89. The van der Waals surface area contributed by atoms with Gasteiger partial charge in [0.15, 0.2) is 5.82 Å². The number of likely N-dealkylation sites (N-methyl/N-ethyl adjacent to an activating group) is 1. The highest BCUT2D eigenvalue weighted by Crippen LogP contribution is 2.39. The third-order valence-electron chi connectivity index (χ3n) is 3.96. The molecule has 3 heterocycles. The molecule has 0 unspecified atom stereocenters. The first-order chi connectivity index (χ1) is 10.3. The van der Waals surface area contributed by atoms with Crippen LogP contribution in [0.25, 0.3) is 0 Å². The van der Waals surface area contributed by atoms with E-state index >= 15 is 0 Å². The Balaban J connectivity index is 1.49. The Hall–Kier alpha value is -2.15. The van der Waals surface area contributed by atoms with Crippen molar-refractivity contribution in [1.82, 2.24) is 25.1 Å². The maximum absolute atomic E-state index is 4.58. The van der Waals surface area contributed by atoms with Crippen molar-refractivity contribution in [3.8, 4) is 0 Å². The van der Waals surface area contributed by atoms with Gasteiger partial charge in [0.1, 0.15) is 5.82 Å². The SMILES string of the molecule is CN1CCN(c2nccc(Nc3cc(C4CC4)[nH]n3)n2)C1. The van der Waals surface area contributed by atoms with E-state index < -0.39 is 0 Å². The van der Waals surface area contributed by atoms with Crippen molar-refractivity contribution in [2.75, 3.05) is 37.0 Å². The monoisotopic (exact) mass is 285 g/mol. The molecule has 0 spiro atoms. The lowest BCUT2D eigenvalue weighted by Gasteiger charge is -2.16. The molecular weight excluding hydrogens is 266 g/mol. The fourth-order valence-corrected chi connectivity index (χ4v) is 2.59. The summed E-state index contributed by atoms with van der Waals surface area (Å²) >= 11 is 0. The van der Waals surface area contributed by atoms with Crippen LogP contribution in [-0.4, -0.2) is 51.9 Å². The fourth-order valence-electron chi connectivity index (χ4n) is 2.59. The van der Waals surface area contributed by atoms with Crippen LogP contribution in [0.1, 0.15) is 24.5 Å². The molecule has 2 aromatic heterocycles. The average molecular weight is 285 g/mol. The minimum atomic E-state index is 0.675. The van der Waals surface area contributed by atoms with Gasteiger partial charge >= 0.3 is 0 Å². The average Bonchev–Trinajstić information content (AvgIpc) is 3.09. The number of nitrogens with zero attached hydrogens (tertiary/aromatic N) is 5.